The number of amides is 10. The number of hydrogen-bond donors (Lipinski definition) is 15. The van der Waals surface area contributed by atoms with Crippen molar-refractivity contribution >= 4 is 71.3 Å². The van der Waals surface area contributed by atoms with Crippen LogP contribution in [-0.2, 0) is 78.4 Å². The zero-order valence-electron chi connectivity index (χ0n) is 50.3. The van der Waals surface area contributed by atoms with Crippen LogP contribution in [0.2, 0.25) is 0 Å². The average molecular weight is 1230 g/mol. The van der Waals surface area contributed by atoms with Gasteiger partial charge in [-0.05, 0) is 90.5 Å². The molecule has 9 atom stereocenters. The van der Waals surface area contributed by atoms with Gasteiger partial charge >= 0.3 is 0 Å². The van der Waals surface area contributed by atoms with E-state index in [0.29, 0.717) is 23.0 Å². The van der Waals surface area contributed by atoms with Crippen molar-refractivity contribution in [3.63, 3.8) is 0 Å². The lowest BCUT2D eigenvalue weighted by Gasteiger charge is -2.29. The van der Waals surface area contributed by atoms with Gasteiger partial charge < -0.3 is 86.2 Å². The summed E-state index contributed by atoms with van der Waals surface area (Å²) in [5.74, 6) is -10.1. The van der Waals surface area contributed by atoms with Gasteiger partial charge in [0, 0.05) is 25.8 Å². The summed E-state index contributed by atoms with van der Waals surface area (Å²) >= 11 is 0. The van der Waals surface area contributed by atoms with Gasteiger partial charge in [-0.2, -0.15) is 0 Å². The van der Waals surface area contributed by atoms with E-state index in [1.807, 2.05) is 19.9 Å². The highest BCUT2D eigenvalue weighted by Gasteiger charge is 2.36. The highest BCUT2D eigenvalue weighted by Crippen LogP contribution is 2.17. The lowest BCUT2D eigenvalue weighted by atomic mass is 9.99. The molecular weight excluding hydrogens is 1150 g/mol. The summed E-state index contributed by atoms with van der Waals surface area (Å²) in [7, 11) is 0. The molecule has 0 radical (unpaired) electrons. The van der Waals surface area contributed by atoms with E-state index in [9.17, 15) is 63.0 Å². The number of rotatable bonds is 37. The van der Waals surface area contributed by atoms with Crippen LogP contribution in [0.4, 0.5) is 0 Å². The van der Waals surface area contributed by atoms with Crippen LogP contribution in [-0.4, -0.2) is 142 Å². The third kappa shape index (κ3) is 26.3. The fraction of sp³-hybridized carbons (Fsp3) is 0.419. The monoisotopic (exact) mass is 1230 g/mol. The fourth-order valence-corrected chi connectivity index (χ4v) is 9.31. The van der Waals surface area contributed by atoms with Crippen LogP contribution in [0, 0.1) is 11.8 Å². The SMILES string of the molecule is CC(C)C[C@H](NC(=O)[C@H](CCCN=C(N)N)NC(=O)[C@H](Cc1ccccc1)NC(=O)[C@H](CC(C)C)NC(=O)[C@H](Cc1ccc(O)cc1)NC(=O)[C@H](CC(N)=O)NC(=O)[C@H](Cc1ccc(O)cc1)NC(=O)[C@@H](N)CC(N)=O)C(=O)N[C@H](C=O)Cc1ccccc1. The zero-order valence-corrected chi connectivity index (χ0v) is 50.3. The molecule has 0 saturated heterocycles. The molecule has 89 heavy (non-hydrogen) atoms. The number of primary amides is 2. The Balaban J connectivity index is 1.67. The number of nitrogens with one attached hydrogen (secondary N) is 8. The molecule has 27 heteroatoms. The summed E-state index contributed by atoms with van der Waals surface area (Å²) in [5, 5.41) is 41.0. The van der Waals surface area contributed by atoms with Gasteiger partial charge in [-0.15, -0.1) is 0 Å². The summed E-state index contributed by atoms with van der Waals surface area (Å²) in [6, 6.07) is 16.0. The first-order chi connectivity index (χ1) is 42.2. The van der Waals surface area contributed by atoms with Crippen molar-refractivity contribution in [3.8, 4) is 11.5 Å². The predicted molar refractivity (Wildman–Crippen MR) is 330 cm³/mol. The van der Waals surface area contributed by atoms with Gasteiger partial charge in [-0.25, -0.2) is 0 Å². The van der Waals surface area contributed by atoms with E-state index in [2.05, 4.69) is 47.5 Å². The van der Waals surface area contributed by atoms with Gasteiger partial charge in [0.25, 0.3) is 0 Å². The van der Waals surface area contributed by atoms with Crippen molar-refractivity contribution in [1.82, 2.24) is 42.5 Å². The summed E-state index contributed by atoms with van der Waals surface area (Å²) in [5.41, 5.74) is 30.0. The molecule has 0 spiro atoms. The number of aliphatic imine (C=N–C) groups is 1. The van der Waals surface area contributed by atoms with E-state index < -0.39 is 126 Å². The van der Waals surface area contributed by atoms with E-state index in [1.165, 1.54) is 48.5 Å². The molecule has 20 N–H and O–H groups in total. The number of nitrogens with two attached hydrogens (primary N) is 5. The second-order valence-corrected chi connectivity index (χ2v) is 22.5. The number of aldehydes is 1. The molecule has 480 valence electrons. The maximum Gasteiger partial charge on any atom is 0.243 e. The first kappa shape index (κ1) is 71.6. The van der Waals surface area contributed by atoms with Gasteiger partial charge in [0.05, 0.1) is 24.9 Å². The quantitative estimate of drug-likeness (QED) is 0.0108. The molecule has 4 aromatic rings. The van der Waals surface area contributed by atoms with Crippen molar-refractivity contribution in [3.05, 3.63) is 131 Å². The summed E-state index contributed by atoms with van der Waals surface area (Å²) in [4.78, 5) is 154. The molecule has 0 aliphatic heterocycles. The van der Waals surface area contributed by atoms with E-state index in [1.54, 1.807) is 68.4 Å². The van der Waals surface area contributed by atoms with E-state index in [4.69, 9.17) is 28.7 Å². The normalized spacial score (nSPS) is 14.1. The van der Waals surface area contributed by atoms with Crippen LogP contribution in [0.3, 0.4) is 0 Å². The standard InChI is InChI=1S/C62H84N14O13/c1-35(2)26-46(56(84)69-41(34-77)28-37-12-7-5-8-13-37)72-55(83)45(16-11-25-68-62(66)67)70-58(86)49(29-38-14-9-6-10-15-38)74-57(85)47(27-36(3)4)73-60(88)50(31-40-19-23-43(79)24-20-40)75-61(89)51(33-53(65)81)76-59(87)48(30-39-17-21-42(78)22-18-39)71-54(82)44(63)32-52(64)80/h5-10,12-15,17-24,34-36,41,44-51,78-79H,11,16,25-33,63H2,1-4H3,(H2,64,80)(H2,65,81)(H,69,84)(H,70,86)(H,71,82)(H,72,83)(H,73,88)(H,74,85)(H,75,89)(H,76,87)(H4,66,67,68)/t41-,44-,45-,46-,47-,48-,49-,50-,51-/m0/s1. The van der Waals surface area contributed by atoms with Gasteiger partial charge in [0.1, 0.15) is 60.1 Å². The van der Waals surface area contributed by atoms with E-state index in [0.717, 1.165) is 5.56 Å². The number of hydrogen-bond acceptors (Lipinski definition) is 15. The summed E-state index contributed by atoms with van der Waals surface area (Å²) in [6.45, 7) is 7.24. The molecular formula is C62H84N14O13. The lowest BCUT2D eigenvalue weighted by Crippen LogP contribution is -2.61. The molecule has 0 bridgehead atoms. The van der Waals surface area contributed by atoms with E-state index in [-0.39, 0.29) is 87.2 Å². The maximum absolute atomic E-state index is 14.8. The Morgan fingerprint density at radius 2 is 0.764 bits per heavy atom. The second kappa shape index (κ2) is 36.3. The van der Waals surface area contributed by atoms with Crippen molar-refractivity contribution in [2.75, 3.05) is 6.54 Å². The molecule has 0 heterocycles. The van der Waals surface area contributed by atoms with Crippen LogP contribution in [0.1, 0.15) is 88.5 Å². The van der Waals surface area contributed by atoms with Crippen molar-refractivity contribution in [2.45, 2.75) is 146 Å². The number of benzene rings is 4. The Hall–Kier alpha value is -9.92. The first-order valence-corrected chi connectivity index (χ1v) is 29.1. The minimum absolute atomic E-state index is 0.0415. The predicted octanol–water partition coefficient (Wildman–Crippen LogP) is -1.33. The molecule has 4 rings (SSSR count). The Morgan fingerprint density at radius 1 is 0.427 bits per heavy atom. The molecule has 0 aromatic heterocycles. The van der Waals surface area contributed by atoms with Crippen LogP contribution in [0.5, 0.6) is 11.5 Å². The number of phenolic OH excluding ortho intramolecular Hbond substituents is 2. The van der Waals surface area contributed by atoms with Crippen LogP contribution >= 0.6 is 0 Å². The minimum atomic E-state index is -1.81. The highest BCUT2D eigenvalue weighted by atomic mass is 16.3. The van der Waals surface area contributed by atoms with Crippen molar-refractivity contribution in [2.24, 2.45) is 45.5 Å². The number of guanidine groups is 1. The summed E-state index contributed by atoms with van der Waals surface area (Å²) in [6.07, 6.45) is -1.14. The largest absolute Gasteiger partial charge is 0.508 e. The Morgan fingerprint density at radius 3 is 1.17 bits per heavy atom. The maximum atomic E-state index is 14.8. The summed E-state index contributed by atoms with van der Waals surface area (Å²) < 4.78 is 0. The van der Waals surface area contributed by atoms with Crippen LogP contribution < -0.4 is 71.2 Å². The fourth-order valence-electron chi connectivity index (χ4n) is 9.31. The molecule has 0 aliphatic rings. The average Bonchev–Trinajstić information content (AvgIpc) is 3.54. The third-order valence-electron chi connectivity index (χ3n) is 13.8. The second-order valence-electron chi connectivity index (χ2n) is 22.5. The number of phenols is 2. The molecule has 0 aliphatic carbocycles. The lowest BCUT2D eigenvalue weighted by molar-refractivity contribution is -0.136. The van der Waals surface area contributed by atoms with Gasteiger partial charge in [0.15, 0.2) is 5.96 Å². The Kier molecular flexibility index (Phi) is 29.2. The number of carbonyl (C=O) groups is 11. The minimum Gasteiger partial charge on any atom is -0.508 e. The Bertz CT molecular complexity index is 3060. The molecule has 0 saturated carbocycles. The van der Waals surface area contributed by atoms with Crippen LogP contribution in [0.15, 0.2) is 114 Å². The van der Waals surface area contributed by atoms with E-state index >= 15 is 0 Å². The third-order valence-corrected chi connectivity index (χ3v) is 13.8. The number of aromatic hydroxyl groups is 2. The molecule has 0 fully saturated rings. The van der Waals surface area contributed by atoms with Gasteiger partial charge in [-0.1, -0.05) is 113 Å². The zero-order chi connectivity index (χ0) is 65.7. The highest BCUT2D eigenvalue weighted by molar-refractivity contribution is 5.99. The topological polar surface area (TPSA) is 467 Å². The van der Waals surface area contributed by atoms with Crippen molar-refractivity contribution < 1.29 is 63.0 Å². The van der Waals surface area contributed by atoms with Crippen molar-refractivity contribution in [1.29, 1.82) is 0 Å². The molecule has 4 aromatic carbocycles. The van der Waals surface area contributed by atoms with Gasteiger partial charge in [-0.3, -0.25) is 52.9 Å². The van der Waals surface area contributed by atoms with Gasteiger partial charge in [0.2, 0.25) is 59.1 Å². The Labute approximate surface area is 516 Å². The number of nitrogens with zero attached hydrogens (tertiary/aromatic N) is 1. The number of carbonyl (C=O) groups excluding carboxylic acids is 11. The molecule has 10 amide bonds. The molecule has 27 nitrogen and oxygen atoms in total. The smallest absolute Gasteiger partial charge is 0.243 e. The first-order valence-electron chi connectivity index (χ1n) is 29.1. The van der Waals surface area contributed by atoms with Crippen LogP contribution in [0.25, 0.3) is 0 Å². The molecule has 0 unspecified atom stereocenters.